The van der Waals surface area contributed by atoms with Crippen molar-refractivity contribution in [1.29, 1.82) is 0 Å². The Kier molecular flexibility index (Phi) is 6.64. The van der Waals surface area contributed by atoms with E-state index in [4.69, 9.17) is 16.3 Å². The zero-order valence-electron chi connectivity index (χ0n) is 16.5. The average molecular weight is 445 g/mol. The first-order chi connectivity index (χ1) is 14.3. The van der Waals surface area contributed by atoms with E-state index in [-0.39, 0.29) is 10.5 Å². The number of halogens is 1. The molecule has 6 nitrogen and oxygen atoms in total. The number of anilines is 2. The third-order valence-corrected chi connectivity index (χ3v) is 5.87. The van der Waals surface area contributed by atoms with Crippen LogP contribution < -0.4 is 14.8 Å². The number of ether oxygens (including phenoxy) is 1. The molecule has 156 valence electrons. The van der Waals surface area contributed by atoms with Gasteiger partial charge < -0.3 is 10.1 Å². The van der Waals surface area contributed by atoms with Crippen LogP contribution >= 0.6 is 11.6 Å². The fourth-order valence-corrected chi connectivity index (χ4v) is 4.10. The van der Waals surface area contributed by atoms with Crippen molar-refractivity contribution in [2.45, 2.75) is 18.7 Å². The smallest absolute Gasteiger partial charge is 0.261 e. The van der Waals surface area contributed by atoms with E-state index in [9.17, 15) is 13.2 Å². The highest BCUT2D eigenvalue weighted by Crippen LogP contribution is 2.22. The SMILES string of the molecule is CCOc1ccc(NS(=O)(=O)c2cccc(C(=O)Nc3ccc(Cl)cc3C)c2)cc1. The normalized spacial score (nSPS) is 11.0. The van der Waals surface area contributed by atoms with Gasteiger partial charge in [0.25, 0.3) is 15.9 Å². The van der Waals surface area contributed by atoms with Crippen LogP contribution in [0.3, 0.4) is 0 Å². The molecule has 0 saturated carbocycles. The summed E-state index contributed by atoms with van der Waals surface area (Å²) in [7, 11) is -3.87. The molecule has 8 heteroatoms. The van der Waals surface area contributed by atoms with Crippen molar-refractivity contribution in [3.8, 4) is 5.75 Å². The van der Waals surface area contributed by atoms with Crippen molar-refractivity contribution in [2.24, 2.45) is 0 Å². The van der Waals surface area contributed by atoms with Crippen LogP contribution in [0.4, 0.5) is 11.4 Å². The highest BCUT2D eigenvalue weighted by Gasteiger charge is 2.17. The maximum absolute atomic E-state index is 12.7. The van der Waals surface area contributed by atoms with E-state index in [1.165, 1.54) is 18.2 Å². The predicted octanol–water partition coefficient (Wildman–Crippen LogP) is 5.10. The molecule has 0 atom stereocenters. The number of aryl methyl sites for hydroxylation is 1. The van der Waals surface area contributed by atoms with Crippen LogP contribution in [0.15, 0.2) is 71.6 Å². The Bertz CT molecular complexity index is 1160. The molecule has 0 fully saturated rings. The molecule has 0 aliphatic carbocycles. The van der Waals surface area contributed by atoms with E-state index in [1.54, 1.807) is 48.5 Å². The minimum absolute atomic E-state index is 0.0168. The van der Waals surface area contributed by atoms with Crippen molar-refractivity contribution in [2.75, 3.05) is 16.6 Å². The lowest BCUT2D eigenvalue weighted by molar-refractivity contribution is 0.102. The predicted molar refractivity (Wildman–Crippen MR) is 119 cm³/mol. The van der Waals surface area contributed by atoms with Crippen LogP contribution in [0, 0.1) is 6.92 Å². The largest absolute Gasteiger partial charge is 0.494 e. The Morgan fingerprint density at radius 1 is 1.03 bits per heavy atom. The van der Waals surface area contributed by atoms with Crippen LogP contribution in [0.1, 0.15) is 22.8 Å². The van der Waals surface area contributed by atoms with Crippen molar-refractivity contribution in [1.82, 2.24) is 0 Å². The molecule has 1 amide bonds. The molecule has 3 aromatic carbocycles. The van der Waals surface area contributed by atoms with Crippen molar-refractivity contribution < 1.29 is 17.9 Å². The lowest BCUT2D eigenvalue weighted by Crippen LogP contribution is -2.16. The fraction of sp³-hybridized carbons (Fsp3) is 0.136. The minimum Gasteiger partial charge on any atom is -0.494 e. The van der Waals surface area contributed by atoms with Crippen LogP contribution in [0.5, 0.6) is 5.75 Å². The molecular weight excluding hydrogens is 424 g/mol. The maximum atomic E-state index is 12.7. The van der Waals surface area contributed by atoms with Crippen molar-refractivity contribution in [3.63, 3.8) is 0 Å². The molecule has 30 heavy (non-hydrogen) atoms. The summed E-state index contributed by atoms with van der Waals surface area (Å²) in [4.78, 5) is 12.6. The molecule has 0 saturated heterocycles. The molecule has 0 heterocycles. The van der Waals surface area contributed by atoms with Gasteiger partial charge in [-0.1, -0.05) is 17.7 Å². The molecule has 0 unspecified atom stereocenters. The topological polar surface area (TPSA) is 84.5 Å². The number of carbonyl (C=O) groups excluding carboxylic acids is 1. The summed E-state index contributed by atoms with van der Waals surface area (Å²) in [6, 6.07) is 17.5. The number of hydrogen-bond acceptors (Lipinski definition) is 4. The molecular formula is C22H21ClN2O4S. The number of carbonyl (C=O) groups is 1. The Hall–Kier alpha value is -3.03. The quantitative estimate of drug-likeness (QED) is 0.531. The molecule has 0 aliphatic heterocycles. The summed E-state index contributed by atoms with van der Waals surface area (Å²) in [5.74, 6) is 0.232. The second kappa shape index (κ2) is 9.19. The molecule has 0 aromatic heterocycles. The van der Waals surface area contributed by atoms with Crippen molar-refractivity contribution in [3.05, 3.63) is 82.9 Å². The molecule has 0 radical (unpaired) electrons. The van der Waals surface area contributed by atoms with E-state index in [0.717, 1.165) is 5.56 Å². The number of amides is 1. The van der Waals surface area contributed by atoms with Crippen LogP contribution in [0.25, 0.3) is 0 Å². The summed E-state index contributed by atoms with van der Waals surface area (Å²) in [6.07, 6.45) is 0. The first-order valence-electron chi connectivity index (χ1n) is 9.22. The Morgan fingerprint density at radius 3 is 2.43 bits per heavy atom. The van der Waals surface area contributed by atoms with Crippen LogP contribution in [-0.2, 0) is 10.0 Å². The monoisotopic (exact) mass is 444 g/mol. The first-order valence-corrected chi connectivity index (χ1v) is 11.1. The van der Waals surface area contributed by atoms with E-state index >= 15 is 0 Å². The van der Waals surface area contributed by atoms with Crippen LogP contribution in [-0.4, -0.2) is 20.9 Å². The minimum atomic E-state index is -3.87. The zero-order chi connectivity index (χ0) is 21.7. The fourth-order valence-electron chi connectivity index (χ4n) is 2.77. The third-order valence-electron chi connectivity index (χ3n) is 4.26. The number of nitrogens with one attached hydrogen (secondary N) is 2. The summed E-state index contributed by atoms with van der Waals surface area (Å²) in [5, 5.41) is 3.34. The summed E-state index contributed by atoms with van der Waals surface area (Å²) in [6.45, 7) is 4.21. The van der Waals surface area contributed by atoms with Gasteiger partial charge in [0.05, 0.1) is 11.5 Å². The second-order valence-electron chi connectivity index (χ2n) is 6.50. The lowest BCUT2D eigenvalue weighted by Gasteiger charge is -2.11. The van der Waals surface area contributed by atoms with E-state index in [0.29, 0.717) is 28.8 Å². The zero-order valence-corrected chi connectivity index (χ0v) is 18.0. The van der Waals surface area contributed by atoms with Crippen LogP contribution in [0.2, 0.25) is 5.02 Å². The van der Waals surface area contributed by atoms with Gasteiger partial charge in [-0.15, -0.1) is 0 Å². The van der Waals surface area contributed by atoms with Crippen molar-refractivity contribution >= 4 is 38.9 Å². The molecule has 0 aliphatic rings. The molecule has 2 N–H and O–H groups in total. The van der Waals surface area contributed by atoms with Gasteiger partial charge in [-0.2, -0.15) is 0 Å². The van der Waals surface area contributed by atoms with Gasteiger partial charge in [-0.3, -0.25) is 9.52 Å². The summed E-state index contributed by atoms with van der Waals surface area (Å²) < 4.78 is 33.4. The third kappa shape index (κ3) is 5.31. The highest BCUT2D eigenvalue weighted by atomic mass is 35.5. The van der Waals surface area contributed by atoms with E-state index in [2.05, 4.69) is 10.0 Å². The molecule has 0 bridgehead atoms. The van der Waals surface area contributed by atoms with Gasteiger partial charge in [0.15, 0.2) is 0 Å². The molecule has 3 aromatic rings. The molecule has 3 rings (SSSR count). The number of sulfonamides is 1. The highest BCUT2D eigenvalue weighted by molar-refractivity contribution is 7.92. The van der Waals surface area contributed by atoms with Gasteiger partial charge in [-0.05, 0) is 80.1 Å². The van der Waals surface area contributed by atoms with Gasteiger partial charge in [0.1, 0.15) is 5.75 Å². The van der Waals surface area contributed by atoms with Gasteiger partial charge in [-0.25, -0.2) is 8.42 Å². The number of rotatable bonds is 7. The van der Waals surface area contributed by atoms with Gasteiger partial charge in [0.2, 0.25) is 0 Å². The average Bonchev–Trinajstić information content (AvgIpc) is 2.71. The van der Waals surface area contributed by atoms with E-state index in [1.807, 2.05) is 13.8 Å². The Balaban J connectivity index is 1.78. The number of hydrogen-bond donors (Lipinski definition) is 2. The Labute approximate surface area is 180 Å². The number of benzene rings is 3. The summed E-state index contributed by atoms with van der Waals surface area (Å²) >= 11 is 5.94. The standard InChI is InChI=1S/C22H21ClN2O4S/c1-3-29-19-10-8-18(9-11-19)25-30(27,28)20-6-4-5-16(14-20)22(26)24-21-12-7-17(23)13-15(21)2/h4-14,25H,3H2,1-2H3,(H,24,26). The Morgan fingerprint density at radius 2 is 1.77 bits per heavy atom. The first kappa shape index (κ1) is 21.7. The second-order valence-corrected chi connectivity index (χ2v) is 8.62. The van der Waals surface area contributed by atoms with Gasteiger partial charge in [0, 0.05) is 22.0 Å². The molecule has 0 spiro atoms. The van der Waals surface area contributed by atoms with E-state index < -0.39 is 15.9 Å². The van der Waals surface area contributed by atoms with Gasteiger partial charge >= 0.3 is 0 Å². The summed E-state index contributed by atoms with van der Waals surface area (Å²) in [5.41, 5.74) is 2.02. The maximum Gasteiger partial charge on any atom is 0.261 e. The lowest BCUT2D eigenvalue weighted by atomic mass is 10.1.